The van der Waals surface area contributed by atoms with Crippen LogP contribution in [0.2, 0.25) is 0 Å². The lowest BCUT2D eigenvalue weighted by Gasteiger charge is -2.28. The van der Waals surface area contributed by atoms with Crippen LogP contribution in [-0.4, -0.2) is 58.8 Å². The molecule has 0 aliphatic carbocycles. The Hall–Kier alpha value is -3.25. The monoisotopic (exact) mass is 493 g/mol. The Morgan fingerprint density at radius 2 is 1.88 bits per heavy atom. The summed E-state index contributed by atoms with van der Waals surface area (Å²) in [4.78, 5) is 14.8. The van der Waals surface area contributed by atoms with Crippen LogP contribution in [0.1, 0.15) is 6.92 Å². The predicted molar refractivity (Wildman–Crippen MR) is 121 cm³/mol. The number of rotatable bonds is 8. The summed E-state index contributed by atoms with van der Waals surface area (Å²) in [5.74, 6) is -0.192. The summed E-state index contributed by atoms with van der Waals surface area (Å²) in [6, 6.07) is 11.7. The lowest BCUT2D eigenvalue weighted by atomic mass is 10.3. The maximum Gasteiger partial charge on any atom is 0.387 e. The van der Waals surface area contributed by atoms with E-state index in [1.54, 1.807) is 23.6 Å². The molecule has 0 saturated carbocycles. The number of nitrogens with one attached hydrogen (secondary N) is 1. The third-order valence-electron chi connectivity index (χ3n) is 4.98. The van der Waals surface area contributed by atoms with Gasteiger partial charge in [0.25, 0.3) is 0 Å². The van der Waals surface area contributed by atoms with Gasteiger partial charge in [-0.15, -0.1) is 10.2 Å². The molecular formula is C22H22F3N5O3S. The van der Waals surface area contributed by atoms with Crippen molar-refractivity contribution in [2.24, 2.45) is 0 Å². The van der Waals surface area contributed by atoms with Crippen LogP contribution in [0.4, 0.5) is 24.8 Å². The summed E-state index contributed by atoms with van der Waals surface area (Å²) < 4.78 is 50.0. The number of amides is 1. The van der Waals surface area contributed by atoms with Gasteiger partial charge in [-0.05, 0) is 49.4 Å². The van der Waals surface area contributed by atoms with Gasteiger partial charge in [0.05, 0.1) is 24.2 Å². The molecule has 8 nitrogen and oxygen atoms in total. The zero-order chi connectivity index (χ0) is 24.1. The number of aromatic nitrogens is 3. The summed E-state index contributed by atoms with van der Waals surface area (Å²) in [6.07, 6.45) is 0. The number of anilines is 2. The number of hydrogen-bond acceptors (Lipinski definition) is 7. The van der Waals surface area contributed by atoms with Crippen LogP contribution in [-0.2, 0) is 9.53 Å². The molecule has 0 radical (unpaired) electrons. The van der Waals surface area contributed by atoms with Gasteiger partial charge < -0.3 is 19.7 Å². The SMILES string of the molecule is CC(Sc1nnc(N2CCOCC2)n1-c1cccc(F)c1)C(=O)Nc1ccc(OC(F)F)cc1. The van der Waals surface area contributed by atoms with E-state index in [0.717, 1.165) is 0 Å². The van der Waals surface area contributed by atoms with Gasteiger partial charge in [-0.3, -0.25) is 9.36 Å². The molecule has 2 aromatic carbocycles. The summed E-state index contributed by atoms with van der Waals surface area (Å²) in [5.41, 5.74) is 0.968. The maximum atomic E-state index is 14.0. The molecule has 1 fully saturated rings. The molecule has 180 valence electrons. The summed E-state index contributed by atoms with van der Waals surface area (Å²) in [6.45, 7) is 1.08. The van der Waals surface area contributed by atoms with Gasteiger partial charge in [0, 0.05) is 18.8 Å². The van der Waals surface area contributed by atoms with E-state index in [9.17, 15) is 18.0 Å². The zero-order valence-corrected chi connectivity index (χ0v) is 19.0. The van der Waals surface area contributed by atoms with E-state index < -0.39 is 17.7 Å². The first kappa shape index (κ1) is 23.9. The van der Waals surface area contributed by atoms with Crippen LogP contribution in [0.5, 0.6) is 5.75 Å². The first-order valence-corrected chi connectivity index (χ1v) is 11.3. The first-order chi connectivity index (χ1) is 16.4. The van der Waals surface area contributed by atoms with Crippen LogP contribution < -0.4 is 15.0 Å². The highest BCUT2D eigenvalue weighted by Crippen LogP contribution is 2.30. The molecule has 12 heteroatoms. The molecule has 1 aliphatic rings. The number of halogens is 3. The van der Waals surface area contributed by atoms with Crippen molar-refractivity contribution in [2.75, 3.05) is 36.5 Å². The van der Waals surface area contributed by atoms with Gasteiger partial charge in [-0.1, -0.05) is 17.8 Å². The Balaban J connectivity index is 1.52. The zero-order valence-electron chi connectivity index (χ0n) is 18.2. The van der Waals surface area contributed by atoms with Crippen molar-refractivity contribution in [1.82, 2.24) is 14.8 Å². The van der Waals surface area contributed by atoms with Gasteiger partial charge in [-0.2, -0.15) is 8.78 Å². The average Bonchev–Trinajstić information content (AvgIpc) is 3.24. The number of benzene rings is 2. The van der Waals surface area contributed by atoms with Gasteiger partial charge in [0.2, 0.25) is 11.9 Å². The fraction of sp³-hybridized carbons (Fsp3) is 0.318. The van der Waals surface area contributed by atoms with Gasteiger partial charge >= 0.3 is 6.61 Å². The number of morpholine rings is 1. The largest absolute Gasteiger partial charge is 0.435 e. The fourth-order valence-electron chi connectivity index (χ4n) is 3.32. The normalized spacial score (nSPS) is 14.8. The van der Waals surface area contributed by atoms with E-state index in [4.69, 9.17) is 4.74 Å². The second kappa shape index (κ2) is 10.8. The van der Waals surface area contributed by atoms with Crippen LogP contribution in [0, 0.1) is 5.82 Å². The van der Waals surface area contributed by atoms with Crippen molar-refractivity contribution in [3.63, 3.8) is 0 Å². The fourth-order valence-corrected chi connectivity index (χ4v) is 4.19. The summed E-state index contributed by atoms with van der Waals surface area (Å²) in [5, 5.41) is 11.1. The van der Waals surface area contributed by atoms with Gasteiger partial charge in [-0.25, -0.2) is 4.39 Å². The Bertz CT molecular complexity index is 1120. The molecule has 1 aromatic heterocycles. The quantitative estimate of drug-likeness (QED) is 0.476. The van der Waals surface area contributed by atoms with Crippen molar-refractivity contribution >= 4 is 29.3 Å². The maximum absolute atomic E-state index is 14.0. The molecule has 34 heavy (non-hydrogen) atoms. The molecule has 3 aromatic rings. The highest BCUT2D eigenvalue weighted by Gasteiger charge is 2.25. The number of alkyl halides is 2. The topological polar surface area (TPSA) is 81.5 Å². The third kappa shape index (κ3) is 5.81. The van der Waals surface area contributed by atoms with E-state index in [0.29, 0.717) is 48.8 Å². The predicted octanol–water partition coefficient (Wildman–Crippen LogP) is 3.96. The van der Waals surface area contributed by atoms with Gasteiger partial charge in [0.1, 0.15) is 11.6 Å². The number of thioether (sulfide) groups is 1. The number of carbonyl (C=O) groups excluding carboxylic acids is 1. The van der Waals surface area contributed by atoms with Crippen molar-refractivity contribution in [3.05, 3.63) is 54.3 Å². The standard InChI is InChI=1S/C22H22F3N5O3S/c1-14(19(31)26-16-5-7-18(8-6-16)33-20(24)25)34-22-28-27-21(29-9-11-32-12-10-29)30(22)17-4-2-3-15(23)13-17/h2-8,13-14,20H,9-12H2,1H3,(H,26,31). The Morgan fingerprint density at radius 3 is 2.56 bits per heavy atom. The first-order valence-electron chi connectivity index (χ1n) is 10.5. The summed E-state index contributed by atoms with van der Waals surface area (Å²) in [7, 11) is 0. The molecule has 1 amide bonds. The number of hydrogen-bond donors (Lipinski definition) is 1. The minimum absolute atomic E-state index is 0.00532. The lowest BCUT2D eigenvalue weighted by Crippen LogP contribution is -2.38. The minimum Gasteiger partial charge on any atom is -0.435 e. The number of ether oxygens (including phenoxy) is 2. The smallest absolute Gasteiger partial charge is 0.387 e. The molecule has 0 bridgehead atoms. The van der Waals surface area contributed by atoms with E-state index >= 15 is 0 Å². The van der Waals surface area contributed by atoms with Crippen molar-refractivity contribution < 1.29 is 27.4 Å². The van der Waals surface area contributed by atoms with Crippen LogP contribution in [0.3, 0.4) is 0 Å². The molecule has 1 unspecified atom stereocenters. The third-order valence-corrected chi connectivity index (χ3v) is 6.02. The molecule has 0 spiro atoms. The lowest BCUT2D eigenvalue weighted by molar-refractivity contribution is -0.115. The van der Waals surface area contributed by atoms with Crippen molar-refractivity contribution in [1.29, 1.82) is 0 Å². The van der Waals surface area contributed by atoms with E-state index in [1.807, 2.05) is 4.90 Å². The van der Waals surface area contributed by atoms with Crippen molar-refractivity contribution in [3.8, 4) is 11.4 Å². The Labute approximate surface area is 198 Å². The van der Waals surface area contributed by atoms with Crippen LogP contribution in [0.15, 0.2) is 53.7 Å². The second-order valence-corrected chi connectivity index (χ2v) is 8.66. The minimum atomic E-state index is -2.92. The molecular weight excluding hydrogens is 471 g/mol. The molecule has 1 N–H and O–H groups in total. The molecule has 1 atom stereocenters. The van der Waals surface area contributed by atoms with E-state index in [-0.39, 0.29) is 11.7 Å². The Morgan fingerprint density at radius 1 is 1.15 bits per heavy atom. The van der Waals surface area contributed by atoms with E-state index in [1.165, 1.54) is 48.2 Å². The molecule has 1 saturated heterocycles. The highest BCUT2D eigenvalue weighted by atomic mass is 32.2. The summed E-state index contributed by atoms with van der Waals surface area (Å²) >= 11 is 1.17. The van der Waals surface area contributed by atoms with Crippen LogP contribution >= 0.6 is 11.8 Å². The van der Waals surface area contributed by atoms with Crippen molar-refractivity contribution in [2.45, 2.75) is 23.9 Å². The number of nitrogens with zero attached hydrogens (tertiary/aromatic N) is 4. The van der Waals surface area contributed by atoms with Gasteiger partial charge in [0.15, 0.2) is 5.16 Å². The Kier molecular flexibility index (Phi) is 7.58. The van der Waals surface area contributed by atoms with E-state index in [2.05, 4.69) is 20.3 Å². The molecule has 2 heterocycles. The average molecular weight is 494 g/mol. The number of carbonyl (C=O) groups is 1. The molecule has 1 aliphatic heterocycles. The molecule has 4 rings (SSSR count). The van der Waals surface area contributed by atoms with Crippen LogP contribution in [0.25, 0.3) is 5.69 Å². The second-order valence-electron chi connectivity index (χ2n) is 7.35. The highest BCUT2D eigenvalue weighted by molar-refractivity contribution is 8.00.